The normalized spacial score (nSPS) is 14.4. The van der Waals surface area contributed by atoms with E-state index in [0.717, 1.165) is 0 Å². The third-order valence-electron chi connectivity index (χ3n) is 2.95. The quantitative estimate of drug-likeness (QED) is 0.648. The lowest BCUT2D eigenvalue weighted by atomic mass is 9.91. The van der Waals surface area contributed by atoms with Crippen LogP contribution in [0.25, 0.3) is 5.57 Å². The second kappa shape index (κ2) is 6.26. The van der Waals surface area contributed by atoms with Gasteiger partial charge in [0, 0.05) is 12.4 Å². The van der Waals surface area contributed by atoms with E-state index >= 15 is 0 Å². The minimum Gasteiger partial charge on any atom is -0.269 e. The minimum atomic E-state index is 0.602. The molecule has 1 rings (SSSR count). The van der Waals surface area contributed by atoms with Crippen molar-refractivity contribution in [2.45, 2.75) is 40.0 Å². The Morgan fingerprint density at radius 1 is 1.38 bits per heavy atom. The van der Waals surface area contributed by atoms with E-state index in [0.29, 0.717) is 5.92 Å². The lowest BCUT2D eigenvalue weighted by molar-refractivity contribution is 0.731. The van der Waals surface area contributed by atoms with Gasteiger partial charge in [-0.25, -0.2) is 0 Å². The van der Waals surface area contributed by atoms with E-state index in [1.165, 1.54) is 23.1 Å². The summed E-state index contributed by atoms with van der Waals surface area (Å²) >= 11 is 0. The minimum absolute atomic E-state index is 0.602. The van der Waals surface area contributed by atoms with E-state index in [1.807, 2.05) is 19.3 Å². The number of aliphatic imine (C=N–C) groups is 1. The molecule has 0 saturated heterocycles. The summed E-state index contributed by atoms with van der Waals surface area (Å²) in [6, 6.07) is 8.60. The van der Waals surface area contributed by atoms with Crippen LogP contribution in [-0.2, 0) is 0 Å². The highest BCUT2D eigenvalue weighted by Gasteiger charge is 2.08. The highest BCUT2D eigenvalue weighted by Crippen LogP contribution is 2.27. The summed E-state index contributed by atoms with van der Waals surface area (Å²) in [7, 11) is 0. The first-order valence-electron chi connectivity index (χ1n) is 5.94. The Morgan fingerprint density at radius 2 is 2.06 bits per heavy atom. The summed E-state index contributed by atoms with van der Waals surface area (Å²) in [6.07, 6.45) is 4.91. The molecule has 0 radical (unpaired) electrons. The van der Waals surface area contributed by atoms with Crippen molar-refractivity contribution in [2.24, 2.45) is 4.99 Å². The Labute approximate surface area is 98.9 Å². The third-order valence-corrected chi connectivity index (χ3v) is 2.95. The van der Waals surface area contributed by atoms with Crippen LogP contribution in [0.3, 0.4) is 0 Å². The van der Waals surface area contributed by atoms with Crippen molar-refractivity contribution < 1.29 is 0 Å². The van der Waals surface area contributed by atoms with E-state index in [-0.39, 0.29) is 0 Å². The third kappa shape index (κ3) is 3.06. The molecule has 1 atom stereocenters. The summed E-state index contributed by atoms with van der Waals surface area (Å²) < 4.78 is 0. The summed E-state index contributed by atoms with van der Waals surface area (Å²) in [5.41, 5.74) is 3.97. The van der Waals surface area contributed by atoms with Gasteiger partial charge in [0.25, 0.3) is 0 Å². The molecule has 0 N–H and O–H groups in total. The fraction of sp³-hybridized carbons (Fsp3) is 0.400. The van der Waals surface area contributed by atoms with Crippen LogP contribution in [0.1, 0.15) is 51.2 Å². The number of hydrogen-bond donors (Lipinski definition) is 0. The Bertz CT molecular complexity index is 388. The molecule has 86 valence electrons. The topological polar surface area (TPSA) is 12.4 Å². The lowest BCUT2D eigenvalue weighted by Crippen LogP contribution is -1.96. The van der Waals surface area contributed by atoms with Crippen LogP contribution in [0.2, 0.25) is 0 Å². The Morgan fingerprint density at radius 3 is 2.69 bits per heavy atom. The fourth-order valence-electron chi connectivity index (χ4n) is 1.76. The summed E-state index contributed by atoms with van der Waals surface area (Å²) in [4.78, 5) is 4.19. The zero-order valence-corrected chi connectivity index (χ0v) is 10.7. The van der Waals surface area contributed by atoms with Crippen LogP contribution in [0.15, 0.2) is 35.5 Å². The molecule has 1 aromatic carbocycles. The molecule has 0 amide bonds. The number of nitrogens with zero attached hydrogens (tertiary/aromatic N) is 1. The van der Waals surface area contributed by atoms with Gasteiger partial charge in [0.15, 0.2) is 0 Å². The van der Waals surface area contributed by atoms with Crippen LogP contribution in [0.4, 0.5) is 0 Å². The van der Waals surface area contributed by atoms with Crippen LogP contribution < -0.4 is 0 Å². The number of benzene rings is 1. The molecule has 0 aliphatic carbocycles. The van der Waals surface area contributed by atoms with Gasteiger partial charge in [0.2, 0.25) is 0 Å². The van der Waals surface area contributed by atoms with Gasteiger partial charge in [-0.1, -0.05) is 38.1 Å². The molecule has 0 bridgehead atoms. The van der Waals surface area contributed by atoms with Gasteiger partial charge in [-0.05, 0) is 42.9 Å². The van der Waals surface area contributed by atoms with E-state index in [1.54, 1.807) is 0 Å². The number of hydrogen-bond acceptors (Lipinski definition) is 1. The molecule has 0 aliphatic heterocycles. The molecule has 1 aromatic rings. The molecule has 0 aromatic heterocycles. The average Bonchev–Trinajstić information content (AvgIpc) is 2.35. The molecule has 1 unspecified atom stereocenters. The maximum atomic E-state index is 4.19. The van der Waals surface area contributed by atoms with Gasteiger partial charge in [-0.15, -0.1) is 0 Å². The van der Waals surface area contributed by atoms with Crippen molar-refractivity contribution in [1.82, 2.24) is 0 Å². The van der Waals surface area contributed by atoms with Gasteiger partial charge in [-0.2, -0.15) is 0 Å². The maximum absolute atomic E-state index is 4.19. The molecule has 1 heteroatoms. The van der Waals surface area contributed by atoms with E-state index in [9.17, 15) is 0 Å². The number of rotatable bonds is 4. The van der Waals surface area contributed by atoms with E-state index in [4.69, 9.17) is 0 Å². The molecular weight excluding hydrogens is 194 g/mol. The maximum Gasteiger partial charge on any atom is 0.0299 e. The standard InChI is InChI=1S/C15H21N/c1-5-12(3)14-9-7-8-10-15(14)13(4)11-16-6-2/h6-12H,5H2,1-4H3/b13-11+,16-6?. The highest BCUT2D eigenvalue weighted by atomic mass is 14.7. The molecule has 0 spiro atoms. The SMILES string of the molecule is CC=N/C=C(\C)c1ccccc1C(C)CC. The predicted octanol–water partition coefficient (Wildman–Crippen LogP) is 4.65. The smallest absolute Gasteiger partial charge is 0.0299 e. The Hall–Kier alpha value is -1.37. The molecule has 0 saturated carbocycles. The van der Waals surface area contributed by atoms with Crippen LogP contribution in [0, 0.1) is 0 Å². The molecule has 1 nitrogen and oxygen atoms in total. The van der Waals surface area contributed by atoms with Crippen molar-refractivity contribution in [2.75, 3.05) is 0 Å². The van der Waals surface area contributed by atoms with Gasteiger partial charge in [-0.3, -0.25) is 4.99 Å². The first-order chi connectivity index (χ1) is 7.70. The summed E-state index contributed by atoms with van der Waals surface area (Å²) in [5, 5.41) is 0. The van der Waals surface area contributed by atoms with Crippen LogP contribution in [0.5, 0.6) is 0 Å². The predicted molar refractivity (Wildman–Crippen MR) is 73.0 cm³/mol. The summed E-state index contributed by atoms with van der Waals surface area (Å²) in [5.74, 6) is 0.602. The zero-order valence-electron chi connectivity index (χ0n) is 10.7. The molecular formula is C15H21N. The van der Waals surface area contributed by atoms with Crippen molar-refractivity contribution in [3.05, 3.63) is 41.6 Å². The summed E-state index contributed by atoms with van der Waals surface area (Å²) in [6.45, 7) is 8.55. The monoisotopic (exact) mass is 215 g/mol. The van der Waals surface area contributed by atoms with Crippen molar-refractivity contribution in [1.29, 1.82) is 0 Å². The second-order valence-electron chi connectivity index (χ2n) is 4.12. The van der Waals surface area contributed by atoms with Gasteiger partial charge in [0.05, 0.1) is 0 Å². The van der Waals surface area contributed by atoms with Crippen molar-refractivity contribution in [3.63, 3.8) is 0 Å². The zero-order chi connectivity index (χ0) is 12.0. The van der Waals surface area contributed by atoms with E-state index in [2.05, 4.69) is 50.0 Å². The number of allylic oxidation sites excluding steroid dienone is 1. The van der Waals surface area contributed by atoms with Crippen LogP contribution in [-0.4, -0.2) is 6.21 Å². The van der Waals surface area contributed by atoms with E-state index < -0.39 is 0 Å². The molecule has 0 fully saturated rings. The largest absolute Gasteiger partial charge is 0.269 e. The molecule has 0 aliphatic rings. The second-order valence-corrected chi connectivity index (χ2v) is 4.12. The first-order valence-corrected chi connectivity index (χ1v) is 5.94. The van der Waals surface area contributed by atoms with Gasteiger partial charge in [0.1, 0.15) is 0 Å². The van der Waals surface area contributed by atoms with Gasteiger partial charge >= 0.3 is 0 Å². The van der Waals surface area contributed by atoms with Crippen LogP contribution >= 0.6 is 0 Å². The molecule has 0 heterocycles. The Balaban J connectivity index is 3.12. The molecule has 16 heavy (non-hydrogen) atoms. The first kappa shape index (κ1) is 12.7. The average molecular weight is 215 g/mol. The fourth-order valence-corrected chi connectivity index (χ4v) is 1.76. The van der Waals surface area contributed by atoms with Crippen molar-refractivity contribution >= 4 is 11.8 Å². The van der Waals surface area contributed by atoms with Crippen molar-refractivity contribution in [3.8, 4) is 0 Å². The lowest BCUT2D eigenvalue weighted by Gasteiger charge is -2.14. The highest BCUT2D eigenvalue weighted by molar-refractivity contribution is 5.68. The van der Waals surface area contributed by atoms with Gasteiger partial charge < -0.3 is 0 Å². The Kier molecular flexibility index (Phi) is 4.97.